The van der Waals surface area contributed by atoms with Gasteiger partial charge in [-0.15, -0.1) is 12.3 Å². The molecular weight excluding hydrogens is 176 g/mol. The summed E-state index contributed by atoms with van der Waals surface area (Å²) >= 11 is 0. The monoisotopic (exact) mass is 190 g/mol. The Kier molecular flexibility index (Phi) is 3.54. The van der Waals surface area contributed by atoms with Crippen LogP contribution in [0.2, 0.25) is 0 Å². The van der Waals surface area contributed by atoms with Crippen molar-refractivity contribution in [2.24, 2.45) is 5.41 Å². The number of hydrogen-bond acceptors (Lipinski definition) is 2. The van der Waals surface area contributed by atoms with Gasteiger partial charge in [0.2, 0.25) is 5.91 Å². The molecule has 1 rings (SSSR count). The Balaban J connectivity index is 2.29. The van der Waals surface area contributed by atoms with E-state index in [1.807, 2.05) is 0 Å². The highest BCUT2D eigenvalue weighted by molar-refractivity contribution is 5.86. The summed E-state index contributed by atoms with van der Waals surface area (Å²) in [6.45, 7) is 0.576. The highest BCUT2D eigenvalue weighted by Crippen LogP contribution is 2.40. The molecule has 1 N–H and O–H groups in total. The third-order valence-electron chi connectivity index (χ3n) is 2.64. The Bertz CT molecular complexity index is 291. The van der Waals surface area contributed by atoms with E-state index in [2.05, 4.69) is 17.3 Å². The van der Waals surface area contributed by atoms with Crippen molar-refractivity contribution in [2.75, 3.05) is 6.54 Å². The SMILES string of the molecule is C#CCCCNC(=O)C1(C#N)CCC1. The van der Waals surface area contributed by atoms with Crippen molar-refractivity contribution in [2.45, 2.75) is 32.1 Å². The lowest BCUT2D eigenvalue weighted by atomic mass is 9.69. The number of unbranched alkanes of at least 4 members (excludes halogenated alkanes) is 1. The van der Waals surface area contributed by atoms with Crippen LogP contribution in [0.15, 0.2) is 0 Å². The maximum absolute atomic E-state index is 11.6. The highest BCUT2D eigenvalue weighted by atomic mass is 16.2. The van der Waals surface area contributed by atoms with Gasteiger partial charge in [-0.2, -0.15) is 5.26 Å². The van der Waals surface area contributed by atoms with E-state index >= 15 is 0 Å². The average molecular weight is 190 g/mol. The molecule has 0 aliphatic heterocycles. The van der Waals surface area contributed by atoms with Crippen molar-refractivity contribution >= 4 is 5.91 Å². The van der Waals surface area contributed by atoms with Crippen molar-refractivity contribution in [1.82, 2.24) is 5.32 Å². The summed E-state index contributed by atoms with van der Waals surface area (Å²) in [5, 5.41) is 11.6. The summed E-state index contributed by atoms with van der Waals surface area (Å²) in [4.78, 5) is 11.6. The largest absolute Gasteiger partial charge is 0.355 e. The first-order chi connectivity index (χ1) is 6.75. The van der Waals surface area contributed by atoms with Gasteiger partial charge in [-0.3, -0.25) is 4.79 Å². The lowest BCUT2D eigenvalue weighted by Crippen LogP contribution is -2.44. The second-order valence-corrected chi connectivity index (χ2v) is 3.61. The first kappa shape index (κ1) is 10.6. The number of amides is 1. The third-order valence-corrected chi connectivity index (χ3v) is 2.64. The van der Waals surface area contributed by atoms with E-state index in [9.17, 15) is 4.79 Å². The molecule has 74 valence electrons. The fourth-order valence-electron chi connectivity index (χ4n) is 1.48. The first-order valence-corrected chi connectivity index (χ1v) is 4.88. The quantitative estimate of drug-likeness (QED) is 0.535. The minimum absolute atomic E-state index is 0.122. The Morgan fingerprint density at radius 3 is 2.71 bits per heavy atom. The summed E-state index contributed by atoms with van der Waals surface area (Å²) in [5.74, 6) is 2.38. The van der Waals surface area contributed by atoms with Crippen LogP contribution < -0.4 is 5.32 Å². The molecule has 0 atom stereocenters. The fraction of sp³-hybridized carbons (Fsp3) is 0.636. The van der Waals surface area contributed by atoms with Crippen LogP contribution in [0, 0.1) is 29.1 Å². The Morgan fingerprint density at radius 1 is 1.57 bits per heavy atom. The van der Waals surface area contributed by atoms with Gasteiger partial charge in [-0.25, -0.2) is 0 Å². The summed E-state index contributed by atoms with van der Waals surface area (Å²) in [5.41, 5.74) is -0.726. The molecule has 0 spiro atoms. The van der Waals surface area contributed by atoms with Crippen molar-refractivity contribution in [1.29, 1.82) is 5.26 Å². The zero-order chi connectivity index (χ0) is 10.4. The van der Waals surface area contributed by atoms with E-state index in [4.69, 9.17) is 11.7 Å². The number of hydrogen-bond donors (Lipinski definition) is 1. The van der Waals surface area contributed by atoms with Crippen molar-refractivity contribution in [3.63, 3.8) is 0 Å². The predicted molar refractivity (Wildman–Crippen MR) is 53.0 cm³/mol. The lowest BCUT2D eigenvalue weighted by Gasteiger charge is -2.33. The van der Waals surface area contributed by atoms with Crippen LogP contribution in [0.1, 0.15) is 32.1 Å². The van der Waals surface area contributed by atoms with E-state index in [0.717, 1.165) is 12.8 Å². The summed E-state index contributed by atoms with van der Waals surface area (Å²) in [6.07, 6.45) is 8.90. The van der Waals surface area contributed by atoms with Crippen LogP contribution >= 0.6 is 0 Å². The third kappa shape index (κ3) is 2.06. The normalized spacial score (nSPS) is 17.3. The second kappa shape index (κ2) is 4.67. The van der Waals surface area contributed by atoms with E-state index in [-0.39, 0.29) is 5.91 Å². The van der Waals surface area contributed by atoms with Gasteiger partial charge in [0.1, 0.15) is 5.41 Å². The summed E-state index contributed by atoms with van der Waals surface area (Å²) in [6, 6.07) is 2.10. The fourth-order valence-corrected chi connectivity index (χ4v) is 1.48. The van der Waals surface area contributed by atoms with Crippen LogP contribution in [0.25, 0.3) is 0 Å². The maximum atomic E-state index is 11.6. The van der Waals surface area contributed by atoms with Crippen LogP contribution in [-0.2, 0) is 4.79 Å². The van der Waals surface area contributed by atoms with Gasteiger partial charge >= 0.3 is 0 Å². The van der Waals surface area contributed by atoms with Gasteiger partial charge < -0.3 is 5.32 Å². The van der Waals surface area contributed by atoms with Crippen molar-refractivity contribution in [3.8, 4) is 18.4 Å². The van der Waals surface area contributed by atoms with Gasteiger partial charge in [-0.05, 0) is 25.7 Å². The number of nitrogens with zero attached hydrogens (tertiary/aromatic N) is 1. The molecule has 0 unspecified atom stereocenters. The van der Waals surface area contributed by atoms with Gasteiger partial charge in [0, 0.05) is 13.0 Å². The second-order valence-electron chi connectivity index (χ2n) is 3.61. The number of rotatable bonds is 4. The molecule has 14 heavy (non-hydrogen) atoms. The molecule has 0 aromatic carbocycles. The van der Waals surface area contributed by atoms with Gasteiger partial charge in [-0.1, -0.05) is 0 Å². The Hall–Kier alpha value is -1.48. The smallest absolute Gasteiger partial charge is 0.240 e. The molecule has 1 amide bonds. The molecule has 3 heteroatoms. The van der Waals surface area contributed by atoms with Crippen LogP contribution in [-0.4, -0.2) is 12.5 Å². The topological polar surface area (TPSA) is 52.9 Å². The molecule has 0 saturated heterocycles. The van der Waals surface area contributed by atoms with Crippen molar-refractivity contribution < 1.29 is 4.79 Å². The van der Waals surface area contributed by atoms with Crippen molar-refractivity contribution in [3.05, 3.63) is 0 Å². The molecule has 1 fully saturated rings. The Morgan fingerprint density at radius 2 is 2.29 bits per heavy atom. The minimum atomic E-state index is -0.726. The number of nitriles is 1. The number of terminal acetylenes is 1. The molecule has 0 aromatic heterocycles. The molecule has 3 nitrogen and oxygen atoms in total. The molecule has 1 aliphatic rings. The van der Waals surface area contributed by atoms with Gasteiger partial charge in [0.05, 0.1) is 6.07 Å². The Labute approximate surface area is 84.5 Å². The van der Waals surface area contributed by atoms with E-state index in [1.165, 1.54) is 0 Å². The van der Waals surface area contributed by atoms with Gasteiger partial charge in [0.15, 0.2) is 0 Å². The number of carbonyl (C=O) groups excluding carboxylic acids is 1. The molecule has 1 saturated carbocycles. The highest BCUT2D eigenvalue weighted by Gasteiger charge is 2.44. The summed E-state index contributed by atoms with van der Waals surface area (Å²) < 4.78 is 0. The van der Waals surface area contributed by atoms with E-state index in [0.29, 0.717) is 25.8 Å². The van der Waals surface area contributed by atoms with E-state index in [1.54, 1.807) is 0 Å². The van der Waals surface area contributed by atoms with Gasteiger partial charge in [0.25, 0.3) is 0 Å². The lowest BCUT2D eigenvalue weighted by molar-refractivity contribution is -0.131. The van der Waals surface area contributed by atoms with Crippen LogP contribution in [0.4, 0.5) is 0 Å². The standard InChI is InChI=1S/C11H14N2O/c1-2-3-4-8-13-10(14)11(9-12)6-5-7-11/h1H,3-8H2,(H,13,14). The van der Waals surface area contributed by atoms with Crippen LogP contribution in [0.5, 0.6) is 0 Å². The van der Waals surface area contributed by atoms with E-state index < -0.39 is 5.41 Å². The zero-order valence-electron chi connectivity index (χ0n) is 8.18. The molecular formula is C11H14N2O. The molecule has 0 aromatic rings. The minimum Gasteiger partial charge on any atom is -0.355 e. The van der Waals surface area contributed by atoms with Crippen LogP contribution in [0.3, 0.4) is 0 Å². The predicted octanol–water partition coefficient (Wildman–Crippen LogP) is 1.21. The average Bonchev–Trinajstić information content (AvgIpc) is 2.12. The summed E-state index contributed by atoms with van der Waals surface area (Å²) in [7, 11) is 0. The molecule has 1 aliphatic carbocycles. The first-order valence-electron chi connectivity index (χ1n) is 4.88. The molecule has 0 radical (unpaired) electrons. The number of nitrogens with one attached hydrogen (secondary N) is 1. The molecule has 0 heterocycles. The number of carbonyl (C=O) groups is 1. The maximum Gasteiger partial charge on any atom is 0.240 e. The zero-order valence-corrected chi connectivity index (χ0v) is 8.18. The molecule has 0 bridgehead atoms.